The molecule has 0 radical (unpaired) electrons. The Morgan fingerprint density at radius 1 is 1.05 bits per heavy atom. The summed E-state index contributed by atoms with van der Waals surface area (Å²) in [6.45, 7) is 3.32. The van der Waals surface area contributed by atoms with Crippen molar-refractivity contribution in [2.75, 3.05) is 21.3 Å². The summed E-state index contributed by atoms with van der Waals surface area (Å²) in [5, 5.41) is 0. The Kier molecular flexibility index (Phi) is 5.48. The molecule has 0 aliphatic carbocycles. The molecule has 106 valence electrons. The fourth-order valence-corrected chi connectivity index (χ4v) is 1.87. The Hall–Kier alpha value is -1.91. The maximum absolute atomic E-state index is 11.1. The highest BCUT2D eigenvalue weighted by molar-refractivity contribution is 5.66. The SMILES string of the molecule is CCC(OC(C)=O)c1cc(OC)c(OC)cc1OC. The molecule has 0 saturated carbocycles. The smallest absolute Gasteiger partial charge is 0.303 e. The van der Waals surface area contributed by atoms with Crippen LogP contribution >= 0.6 is 0 Å². The second kappa shape index (κ2) is 6.87. The Morgan fingerprint density at radius 2 is 1.58 bits per heavy atom. The van der Waals surface area contributed by atoms with Crippen LogP contribution in [0.25, 0.3) is 0 Å². The number of rotatable bonds is 6. The first-order valence-corrected chi connectivity index (χ1v) is 6.04. The maximum Gasteiger partial charge on any atom is 0.303 e. The average molecular weight is 268 g/mol. The van der Waals surface area contributed by atoms with E-state index in [0.717, 1.165) is 5.56 Å². The van der Waals surface area contributed by atoms with Gasteiger partial charge in [-0.25, -0.2) is 0 Å². The van der Waals surface area contributed by atoms with E-state index in [9.17, 15) is 4.79 Å². The molecular weight excluding hydrogens is 248 g/mol. The predicted octanol–water partition coefficient (Wildman–Crippen LogP) is 2.73. The van der Waals surface area contributed by atoms with Crippen molar-refractivity contribution in [1.29, 1.82) is 0 Å². The number of esters is 1. The predicted molar refractivity (Wildman–Crippen MR) is 70.9 cm³/mol. The molecule has 1 atom stereocenters. The van der Waals surface area contributed by atoms with Crippen LogP contribution in [0.3, 0.4) is 0 Å². The van der Waals surface area contributed by atoms with E-state index in [1.54, 1.807) is 33.5 Å². The van der Waals surface area contributed by atoms with E-state index in [-0.39, 0.29) is 12.1 Å². The number of benzene rings is 1. The first-order valence-electron chi connectivity index (χ1n) is 6.04. The monoisotopic (exact) mass is 268 g/mol. The molecule has 1 unspecified atom stereocenters. The van der Waals surface area contributed by atoms with Crippen LogP contribution < -0.4 is 14.2 Å². The number of carbonyl (C=O) groups excluding carboxylic acids is 1. The minimum Gasteiger partial charge on any atom is -0.496 e. The molecule has 0 spiro atoms. The molecule has 1 aromatic carbocycles. The molecule has 0 heterocycles. The van der Waals surface area contributed by atoms with Crippen LogP contribution in [0.5, 0.6) is 17.2 Å². The Bertz CT molecular complexity index is 442. The molecule has 0 N–H and O–H groups in total. The summed E-state index contributed by atoms with van der Waals surface area (Å²) < 4.78 is 21.1. The van der Waals surface area contributed by atoms with E-state index in [1.807, 2.05) is 6.92 Å². The fourth-order valence-electron chi connectivity index (χ4n) is 1.87. The molecule has 1 rings (SSSR count). The van der Waals surface area contributed by atoms with Gasteiger partial charge >= 0.3 is 5.97 Å². The van der Waals surface area contributed by atoms with Crippen LogP contribution in [0, 0.1) is 0 Å². The molecule has 1 aromatic rings. The number of methoxy groups -OCH3 is 3. The van der Waals surface area contributed by atoms with Crippen LogP contribution in [0.4, 0.5) is 0 Å². The average Bonchev–Trinajstić information content (AvgIpc) is 2.42. The molecule has 0 amide bonds. The zero-order valence-electron chi connectivity index (χ0n) is 12.0. The van der Waals surface area contributed by atoms with Gasteiger partial charge in [-0.2, -0.15) is 0 Å². The van der Waals surface area contributed by atoms with E-state index >= 15 is 0 Å². The zero-order chi connectivity index (χ0) is 14.4. The van der Waals surface area contributed by atoms with Crippen LogP contribution in [0.1, 0.15) is 31.9 Å². The van der Waals surface area contributed by atoms with Gasteiger partial charge in [0.2, 0.25) is 0 Å². The summed E-state index contributed by atoms with van der Waals surface area (Å²) in [5.74, 6) is 1.42. The molecule has 0 aliphatic rings. The van der Waals surface area contributed by atoms with Crippen LogP contribution in [-0.4, -0.2) is 27.3 Å². The van der Waals surface area contributed by atoms with Gasteiger partial charge in [0, 0.05) is 18.6 Å². The minimum atomic E-state index is -0.368. The van der Waals surface area contributed by atoms with Gasteiger partial charge in [0.25, 0.3) is 0 Å². The Morgan fingerprint density at radius 3 is 2.00 bits per heavy atom. The third-order valence-corrected chi connectivity index (χ3v) is 2.76. The van der Waals surface area contributed by atoms with Crippen molar-refractivity contribution >= 4 is 5.97 Å². The summed E-state index contributed by atoms with van der Waals surface area (Å²) in [7, 11) is 4.67. The number of hydrogen-bond donors (Lipinski definition) is 0. The highest BCUT2D eigenvalue weighted by Gasteiger charge is 2.20. The quantitative estimate of drug-likeness (QED) is 0.742. The number of ether oxygens (including phenoxy) is 4. The molecule has 0 saturated heterocycles. The third kappa shape index (κ3) is 3.53. The Labute approximate surface area is 113 Å². The maximum atomic E-state index is 11.1. The van der Waals surface area contributed by atoms with Crippen LogP contribution in [0.2, 0.25) is 0 Å². The molecule has 0 aromatic heterocycles. The summed E-state index contributed by atoms with van der Waals surface area (Å²) >= 11 is 0. The van der Waals surface area contributed by atoms with Crippen molar-refractivity contribution in [3.63, 3.8) is 0 Å². The van der Waals surface area contributed by atoms with Crippen LogP contribution in [0.15, 0.2) is 12.1 Å². The van der Waals surface area contributed by atoms with Crippen molar-refractivity contribution in [3.05, 3.63) is 17.7 Å². The molecule has 5 heteroatoms. The second-order valence-electron chi connectivity index (χ2n) is 3.96. The van der Waals surface area contributed by atoms with Crippen molar-refractivity contribution in [3.8, 4) is 17.2 Å². The summed E-state index contributed by atoms with van der Waals surface area (Å²) in [6, 6.07) is 3.50. The van der Waals surface area contributed by atoms with Crippen molar-refractivity contribution in [2.24, 2.45) is 0 Å². The van der Waals surface area contributed by atoms with Crippen LogP contribution in [-0.2, 0) is 9.53 Å². The van der Waals surface area contributed by atoms with E-state index in [4.69, 9.17) is 18.9 Å². The van der Waals surface area contributed by atoms with Crippen molar-refractivity contribution in [2.45, 2.75) is 26.4 Å². The highest BCUT2D eigenvalue weighted by Crippen LogP contribution is 2.39. The van der Waals surface area contributed by atoms with Gasteiger partial charge in [-0.1, -0.05) is 6.92 Å². The van der Waals surface area contributed by atoms with E-state index in [2.05, 4.69) is 0 Å². The van der Waals surface area contributed by atoms with Gasteiger partial charge in [-0.3, -0.25) is 4.79 Å². The standard InChI is InChI=1S/C14H20O5/c1-6-11(19-9(2)15)10-7-13(17-4)14(18-5)8-12(10)16-3/h7-8,11H,6H2,1-5H3. The molecular formula is C14H20O5. The van der Waals surface area contributed by atoms with Gasteiger partial charge in [0.05, 0.1) is 21.3 Å². The van der Waals surface area contributed by atoms with E-state index in [1.165, 1.54) is 6.92 Å². The van der Waals surface area contributed by atoms with E-state index in [0.29, 0.717) is 23.7 Å². The summed E-state index contributed by atoms with van der Waals surface area (Å²) in [6.07, 6.45) is 0.276. The number of carbonyl (C=O) groups is 1. The summed E-state index contributed by atoms with van der Waals surface area (Å²) in [5.41, 5.74) is 0.762. The van der Waals surface area contributed by atoms with Crippen molar-refractivity contribution < 1.29 is 23.7 Å². The molecule has 0 bridgehead atoms. The molecule has 0 aliphatic heterocycles. The molecule has 5 nitrogen and oxygen atoms in total. The van der Waals surface area contributed by atoms with Gasteiger partial charge < -0.3 is 18.9 Å². The second-order valence-corrected chi connectivity index (χ2v) is 3.96. The molecule has 19 heavy (non-hydrogen) atoms. The first-order chi connectivity index (χ1) is 9.07. The third-order valence-electron chi connectivity index (χ3n) is 2.76. The lowest BCUT2D eigenvalue weighted by atomic mass is 10.0. The van der Waals surface area contributed by atoms with Gasteiger partial charge in [-0.05, 0) is 12.5 Å². The molecule has 0 fully saturated rings. The lowest BCUT2D eigenvalue weighted by Gasteiger charge is -2.20. The van der Waals surface area contributed by atoms with Gasteiger partial charge in [-0.15, -0.1) is 0 Å². The topological polar surface area (TPSA) is 54.0 Å². The number of hydrogen-bond acceptors (Lipinski definition) is 5. The Balaban J connectivity index is 3.26. The van der Waals surface area contributed by atoms with Gasteiger partial charge in [0.1, 0.15) is 11.9 Å². The van der Waals surface area contributed by atoms with Gasteiger partial charge in [0.15, 0.2) is 11.5 Å². The largest absolute Gasteiger partial charge is 0.496 e. The zero-order valence-corrected chi connectivity index (χ0v) is 12.0. The lowest BCUT2D eigenvalue weighted by Crippen LogP contribution is -2.09. The van der Waals surface area contributed by atoms with Crippen molar-refractivity contribution in [1.82, 2.24) is 0 Å². The van der Waals surface area contributed by atoms with E-state index < -0.39 is 0 Å². The lowest BCUT2D eigenvalue weighted by molar-refractivity contribution is -0.146. The summed E-state index contributed by atoms with van der Waals surface area (Å²) in [4.78, 5) is 11.1. The normalized spacial score (nSPS) is 11.6. The fraction of sp³-hybridized carbons (Fsp3) is 0.500. The minimum absolute atomic E-state index is 0.330. The highest BCUT2D eigenvalue weighted by atomic mass is 16.5. The first kappa shape index (κ1) is 15.1.